The van der Waals surface area contributed by atoms with Gasteiger partial charge in [0.1, 0.15) is 13.2 Å². The van der Waals surface area contributed by atoms with E-state index in [2.05, 4.69) is 69.4 Å². The van der Waals surface area contributed by atoms with Crippen molar-refractivity contribution >= 4 is 17.9 Å². The van der Waals surface area contributed by atoms with Gasteiger partial charge in [0.15, 0.2) is 6.10 Å². The maximum absolute atomic E-state index is 12.8. The van der Waals surface area contributed by atoms with Crippen molar-refractivity contribution in [3.63, 3.8) is 0 Å². The standard InChI is InChI=1S/C55H92O6/c1-4-7-10-13-16-19-22-25-27-28-31-33-36-39-42-45-48-54(57)60-51-52(50-59-53(56)47-44-41-38-35-32-29-24-21-18-15-12-9-6-3)61-55(58)49-46-43-40-37-34-30-26-23-20-17-14-11-8-5-2/h9,12,15,18,21,24,27-34,52H,4-8,10-11,13-14,16-17,19-20,22-23,25-26,35-51H2,1-3H3/b12-9+,18-15+,24-21+,28-27+,32-29+,33-31+,34-30+. The number of esters is 3. The first-order valence-electron chi connectivity index (χ1n) is 25.2. The third kappa shape index (κ3) is 47.5. The molecule has 0 fully saturated rings. The minimum atomic E-state index is -0.810. The lowest BCUT2D eigenvalue weighted by Crippen LogP contribution is -2.30. The number of allylic oxidation sites excluding steroid dienone is 14. The number of hydrogen-bond acceptors (Lipinski definition) is 6. The molecule has 348 valence electrons. The average molecular weight is 849 g/mol. The van der Waals surface area contributed by atoms with E-state index < -0.39 is 6.10 Å². The van der Waals surface area contributed by atoms with Crippen LogP contribution < -0.4 is 0 Å². The highest BCUT2D eigenvalue weighted by atomic mass is 16.6. The summed E-state index contributed by atoms with van der Waals surface area (Å²) in [5.74, 6) is -0.992. The predicted molar refractivity (Wildman–Crippen MR) is 261 cm³/mol. The van der Waals surface area contributed by atoms with Crippen molar-refractivity contribution in [3.05, 3.63) is 85.1 Å². The Hall–Kier alpha value is -3.41. The van der Waals surface area contributed by atoms with E-state index in [4.69, 9.17) is 14.2 Å². The van der Waals surface area contributed by atoms with Crippen LogP contribution in [0.15, 0.2) is 85.1 Å². The fraction of sp³-hybridized carbons (Fsp3) is 0.691. The molecule has 6 heteroatoms. The summed E-state index contributed by atoms with van der Waals surface area (Å²) in [5.41, 5.74) is 0. The summed E-state index contributed by atoms with van der Waals surface area (Å²) in [6.07, 6.45) is 62.8. The summed E-state index contributed by atoms with van der Waals surface area (Å²) in [6, 6.07) is 0. The number of carbonyl (C=O) groups excluding carboxylic acids is 3. The molecule has 0 aliphatic rings. The van der Waals surface area contributed by atoms with E-state index in [-0.39, 0.29) is 31.1 Å². The molecular weight excluding hydrogens is 757 g/mol. The zero-order valence-electron chi connectivity index (χ0n) is 39.7. The zero-order chi connectivity index (χ0) is 44.4. The molecule has 1 unspecified atom stereocenters. The number of rotatable bonds is 44. The van der Waals surface area contributed by atoms with Crippen LogP contribution >= 0.6 is 0 Å². The predicted octanol–water partition coefficient (Wildman–Crippen LogP) is 16.4. The van der Waals surface area contributed by atoms with Crippen LogP contribution in [0.5, 0.6) is 0 Å². The molecular formula is C55H92O6. The molecule has 0 aliphatic heterocycles. The minimum Gasteiger partial charge on any atom is -0.462 e. The lowest BCUT2D eigenvalue weighted by molar-refractivity contribution is -0.167. The van der Waals surface area contributed by atoms with Gasteiger partial charge in [-0.15, -0.1) is 0 Å². The Morgan fingerprint density at radius 2 is 0.656 bits per heavy atom. The first-order valence-corrected chi connectivity index (χ1v) is 25.2. The summed E-state index contributed by atoms with van der Waals surface area (Å²) in [7, 11) is 0. The molecule has 6 nitrogen and oxygen atoms in total. The van der Waals surface area contributed by atoms with E-state index >= 15 is 0 Å². The molecule has 0 radical (unpaired) electrons. The van der Waals surface area contributed by atoms with Crippen molar-refractivity contribution < 1.29 is 28.6 Å². The van der Waals surface area contributed by atoms with Gasteiger partial charge in [-0.3, -0.25) is 14.4 Å². The molecule has 0 aromatic rings. The van der Waals surface area contributed by atoms with Gasteiger partial charge in [0, 0.05) is 19.3 Å². The third-order valence-corrected chi connectivity index (χ3v) is 10.5. The second kappa shape index (κ2) is 49.2. The van der Waals surface area contributed by atoms with E-state index in [1.807, 2.05) is 36.5 Å². The van der Waals surface area contributed by atoms with Crippen LogP contribution in [-0.2, 0) is 28.6 Å². The molecule has 0 saturated carbocycles. The van der Waals surface area contributed by atoms with Gasteiger partial charge in [-0.2, -0.15) is 0 Å². The Labute approximate surface area is 375 Å². The number of hydrogen-bond donors (Lipinski definition) is 0. The molecule has 0 aromatic carbocycles. The molecule has 0 amide bonds. The largest absolute Gasteiger partial charge is 0.462 e. The van der Waals surface area contributed by atoms with Gasteiger partial charge in [-0.25, -0.2) is 0 Å². The number of carbonyl (C=O) groups is 3. The van der Waals surface area contributed by atoms with Gasteiger partial charge in [-0.1, -0.05) is 202 Å². The molecule has 1 atom stereocenters. The SMILES string of the molecule is CC/C=C/C=C/C=C/C=C/CCCCCC(=O)OCC(COC(=O)CCCCC/C=C/C=C/CCCCCCCCC)OC(=O)CCCCC/C=C/CCCCCCCCC. The molecule has 0 saturated heterocycles. The van der Waals surface area contributed by atoms with Crippen molar-refractivity contribution in [2.45, 2.75) is 232 Å². The summed E-state index contributed by atoms with van der Waals surface area (Å²) in [5, 5.41) is 0. The van der Waals surface area contributed by atoms with Crippen LogP contribution in [0, 0.1) is 0 Å². The minimum absolute atomic E-state index is 0.110. The van der Waals surface area contributed by atoms with E-state index in [9.17, 15) is 14.4 Å². The highest BCUT2D eigenvalue weighted by molar-refractivity contribution is 5.71. The maximum atomic E-state index is 12.8. The third-order valence-electron chi connectivity index (χ3n) is 10.5. The van der Waals surface area contributed by atoms with Crippen molar-refractivity contribution in [1.82, 2.24) is 0 Å². The van der Waals surface area contributed by atoms with Crippen LogP contribution in [0.4, 0.5) is 0 Å². The van der Waals surface area contributed by atoms with Gasteiger partial charge in [-0.05, 0) is 89.9 Å². The quantitative estimate of drug-likeness (QED) is 0.0200. The second-order valence-corrected chi connectivity index (χ2v) is 16.5. The summed E-state index contributed by atoms with van der Waals surface area (Å²) < 4.78 is 16.7. The van der Waals surface area contributed by atoms with Crippen molar-refractivity contribution in [2.75, 3.05) is 13.2 Å². The van der Waals surface area contributed by atoms with Crippen LogP contribution in [0.25, 0.3) is 0 Å². The first kappa shape index (κ1) is 57.6. The normalized spacial score (nSPS) is 12.8. The highest BCUT2D eigenvalue weighted by Crippen LogP contribution is 2.13. The van der Waals surface area contributed by atoms with Gasteiger partial charge >= 0.3 is 17.9 Å². The molecule has 0 spiro atoms. The van der Waals surface area contributed by atoms with E-state index in [1.165, 1.54) is 89.9 Å². The second-order valence-electron chi connectivity index (χ2n) is 16.5. The lowest BCUT2D eigenvalue weighted by atomic mass is 10.1. The lowest BCUT2D eigenvalue weighted by Gasteiger charge is -2.18. The summed E-state index contributed by atoms with van der Waals surface area (Å²) in [4.78, 5) is 37.9. The van der Waals surface area contributed by atoms with E-state index in [1.54, 1.807) is 0 Å². The maximum Gasteiger partial charge on any atom is 0.306 e. The smallest absolute Gasteiger partial charge is 0.306 e. The fourth-order valence-electron chi connectivity index (χ4n) is 6.67. The Morgan fingerprint density at radius 3 is 1.07 bits per heavy atom. The van der Waals surface area contributed by atoms with Crippen LogP contribution in [0.2, 0.25) is 0 Å². The molecule has 0 bridgehead atoms. The molecule has 0 heterocycles. The monoisotopic (exact) mass is 849 g/mol. The highest BCUT2D eigenvalue weighted by Gasteiger charge is 2.19. The Kier molecular flexibility index (Phi) is 46.5. The molecule has 0 rings (SSSR count). The van der Waals surface area contributed by atoms with Crippen molar-refractivity contribution in [2.24, 2.45) is 0 Å². The Morgan fingerprint density at radius 1 is 0.344 bits per heavy atom. The Balaban J connectivity index is 4.51. The van der Waals surface area contributed by atoms with Gasteiger partial charge in [0.2, 0.25) is 0 Å². The Bertz CT molecular complexity index is 1200. The zero-order valence-corrected chi connectivity index (χ0v) is 39.7. The van der Waals surface area contributed by atoms with Gasteiger partial charge in [0.05, 0.1) is 0 Å². The van der Waals surface area contributed by atoms with Crippen LogP contribution in [0.3, 0.4) is 0 Å². The van der Waals surface area contributed by atoms with E-state index in [0.29, 0.717) is 19.3 Å². The van der Waals surface area contributed by atoms with E-state index in [0.717, 1.165) is 96.3 Å². The van der Waals surface area contributed by atoms with Gasteiger partial charge < -0.3 is 14.2 Å². The molecule has 0 N–H and O–H groups in total. The van der Waals surface area contributed by atoms with Crippen molar-refractivity contribution in [1.29, 1.82) is 0 Å². The van der Waals surface area contributed by atoms with Gasteiger partial charge in [0.25, 0.3) is 0 Å². The first-order chi connectivity index (χ1) is 30.0. The topological polar surface area (TPSA) is 78.9 Å². The molecule has 61 heavy (non-hydrogen) atoms. The number of unbranched alkanes of at least 4 members (excludes halogenated alkanes) is 23. The fourth-order valence-corrected chi connectivity index (χ4v) is 6.67. The molecule has 0 aromatic heterocycles. The summed E-state index contributed by atoms with van der Waals surface area (Å²) >= 11 is 0. The van der Waals surface area contributed by atoms with Crippen LogP contribution in [-0.4, -0.2) is 37.2 Å². The average Bonchev–Trinajstić information content (AvgIpc) is 3.26. The number of ether oxygens (including phenoxy) is 3. The summed E-state index contributed by atoms with van der Waals surface area (Å²) in [6.45, 7) is 6.41. The van der Waals surface area contributed by atoms with Crippen LogP contribution in [0.1, 0.15) is 226 Å². The molecule has 0 aliphatic carbocycles. The van der Waals surface area contributed by atoms with Crippen molar-refractivity contribution in [3.8, 4) is 0 Å².